The number of aliphatic imine (C=N–C) groups is 1. The van der Waals surface area contributed by atoms with Crippen molar-refractivity contribution in [3.63, 3.8) is 0 Å². The molecule has 1 saturated heterocycles. The van der Waals surface area contributed by atoms with E-state index in [1.807, 2.05) is 19.2 Å². The van der Waals surface area contributed by atoms with Gasteiger partial charge in [-0.1, -0.05) is 0 Å². The molecular weight excluding hydrogens is 226 g/mol. The molecule has 5 nitrogen and oxygen atoms in total. The predicted molar refractivity (Wildman–Crippen MR) is 74.9 cm³/mol. The van der Waals surface area contributed by atoms with Crippen LogP contribution in [0.15, 0.2) is 23.3 Å². The number of hydrogen-bond donors (Lipinski definition) is 2. The van der Waals surface area contributed by atoms with Gasteiger partial charge in [-0.15, -0.1) is 0 Å². The first-order chi connectivity index (χ1) is 8.69. The van der Waals surface area contributed by atoms with Gasteiger partial charge < -0.3 is 16.0 Å². The van der Waals surface area contributed by atoms with E-state index in [9.17, 15) is 0 Å². The molecule has 1 aromatic heterocycles. The van der Waals surface area contributed by atoms with Crippen LogP contribution in [0.4, 0.5) is 5.82 Å². The summed E-state index contributed by atoms with van der Waals surface area (Å²) < 4.78 is 0. The third kappa shape index (κ3) is 3.12. The van der Waals surface area contributed by atoms with Crippen molar-refractivity contribution in [3.8, 4) is 0 Å². The van der Waals surface area contributed by atoms with Crippen LogP contribution in [0.2, 0.25) is 0 Å². The fraction of sp³-hybridized carbons (Fsp3) is 0.538. The quantitative estimate of drug-likeness (QED) is 0.615. The van der Waals surface area contributed by atoms with Crippen LogP contribution in [0, 0.1) is 6.92 Å². The van der Waals surface area contributed by atoms with Crippen molar-refractivity contribution >= 4 is 11.8 Å². The van der Waals surface area contributed by atoms with Crippen molar-refractivity contribution in [1.29, 1.82) is 0 Å². The monoisotopic (exact) mass is 247 g/mol. The van der Waals surface area contributed by atoms with Gasteiger partial charge in [-0.05, 0) is 38.0 Å². The number of nitrogens with one attached hydrogen (secondary N) is 1. The Morgan fingerprint density at radius 3 is 3.22 bits per heavy atom. The standard InChI is InChI=1S/C13H21N5/c1-3-15-13(14)17-11-5-7-18(9-11)12-8-10(2)4-6-16-12/h4,6,8,11H,3,5,7,9H2,1-2H3,(H3,14,15,17). The van der Waals surface area contributed by atoms with Gasteiger partial charge in [0.05, 0.1) is 0 Å². The lowest BCUT2D eigenvalue weighted by molar-refractivity contribution is 0.664. The molecule has 1 unspecified atom stereocenters. The summed E-state index contributed by atoms with van der Waals surface area (Å²) in [5.41, 5.74) is 7.02. The summed E-state index contributed by atoms with van der Waals surface area (Å²) in [6.45, 7) is 6.72. The molecule has 2 heterocycles. The number of pyridine rings is 1. The van der Waals surface area contributed by atoms with Gasteiger partial charge in [0.2, 0.25) is 0 Å². The number of hydrogen-bond acceptors (Lipinski definition) is 3. The van der Waals surface area contributed by atoms with Gasteiger partial charge in [0.15, 0.2) is 5.96 Å². The summed E-state index contributed by atoms with van der Waals surface area (Å²) in [5, 5.41) is 3.25. The maximum Gasteiger partial charge on any atom is 0.188 e. The van der Waals surface area contributed by atoms with E-state index >= 15 is 0 Å². The molecule has 0 amide bonds. The smallest absolute Gasteiger partial charge is 0.188 e. The highest BCUT2D eigenvalue weighted by atomic mass is 15.2. The zero-order valence-corrected chi connectivity index (χ0v) is 11.1. The van der Waals surface area contributed by atoms with Crippen molar-refractivity contribution < 1.29 is 0 Å². The van der Waals surface area contributed by atoms with Crippen LogP contribution in [0.1, 0.15) is 18.9 Å². The van der Waals surface area contributed by atoms with Crippen molar-refractivity contribution in [2.75, 3.05) is 24.5 Å². The lowest BCUT2D eigenvalue weighted by Crippen LogP contribution is -2.41. The van der Waals surface area contributed by atoms with E-state index in [0.29, 0.717) is 18.5 Å². The fourth-order valence-electron chi connectivity index (χ4n) is 2.20. The third-order valence-corrected chi connectivity index (χ3v) is 3.09. The van der Waals surface area contributed by atoms with E-state index in [1.54, 1.807) is 0 Å². The first-order valence-electron chi connectivity index (χ1n) is 6.43. The second-order valence-electron chi connectivity index (χ2n) is 4.63. The van der Waals surface area contributed by atoms with Crippen LogP contribution in [0.25, 0.3) is 0 Å². The van der Waals surface area contributed by atoms with Gasteiger partial charge >= 0.3 is 0 Å². The molecule has 1 aliphatic rings. The van der Waals surface area contributed by atoms with Crippen LogP contribution in [0.5, 0.6) is 0 Å². The Balaban J connectivity index is 1.94. The zero-order valence-electron chi connectivity index (χ0n) is 11.1. The largest absolute Gasteiger partial charge is 0.370 e. The topological polar surface area (TPSA) is 66.5 Å². The van der Waals surface area contributed by atoms with Crippen LogP contribution >= 0.6 is 0 Å². The Hall–Kier alpha value is -1.78. The first kappa shape index (κ1) is 12.7. The zero-order chi connectivity index (χ0) is 13.0. The lowest BCUT2D eigenvalue weighted by atomic mass is 10.3. The van der Waals surface area contributed by atoms with Gasteiger partial charge in [0.25, 0.3) is 0 Å². The van der Waals surface area contributed by atoms with E-state index in [4.69, 9.17) is 5.73 Å². The molecule has 0 radical (unpaired) electrons. The van der Waals surface area contributed by atoms with Gasteiger partial charge in [0.1, 0.15) is 5.82 Å². The summed E-state index contributed by atoms with van der Waals surface area (Å²) >= 11 is 0. The molecule has 1 atom stereocenters. The van der Waals surface area contributed by atoms with Crippen molar-refractivity contribution in [3.05, 3.63) is 23.9 Å². The Kier molecular flexibility index (Phi) is 4.02. The van der Waals surface area contributed by atoms with E-state index in [-0.39, 0.29) is 0 Å². The third-order valence-electron chi connectivity index (χ3n) is 3.09. The van der Waals surface area contributed by atoms with Gasteiger partial charge in [-0.25, -0.2) is 4.98 Å². The number of nitrogens with two attached hydrogens (primary N) is 1. The van der Waals surface area contributed by atoms with Crippen molar-refractivity contribution in [1.82, 2.24) is 10.3 Å². The maximum atomic E-state index is 5.78. The van der Waals surface area contributed by atoms with Crippen LogP contribution in [-0.4, -0.2) is 36.6 Å². The highest BCUT2D eigenvalue weighted by Gasteiger charge is 2.23. The molecule has 3 N–H and O–H groups in total. The molecule has 0 saturated carbocycles. The lowest BCUT2D eigenvalue weighted by Gasteiger charge is -2.18. The molecular formula is C13H21N5. The van der Waals surface area contributed by atoms with Crippen molar-refractivity contribution in [2.45, 2.75) is 26.3 Å². The summed E-state index contributed by atoms with van der Waals surface area (Å²) in [6, 6.07) is 4.50. The number of guanidine groups is 1. The average Bonchev–Trinajstić information content (AvgIpc) is 2.78. The second kappa shape index (κ2) is 5.71. The Labute approximate surface area is 108 Å². The molecule has 1 aromatic rings. The molecule has 0 spiro atoms. The van der Waals surface area contributed by atoms with Crippen LogP contribution < -0.4 is 16.0 Å². The average molecular weight is 247 g/mol. The summed E-state index contributed by atoms with van der Waals surface area (Å²) in [7, 11) is 0. The second-order valence-corrected chi connectivity index (χ2v) is 4.63. The highest BCUT2D eigenvalue weighted by Crippen LogP contribution is 2.18. The van der Waals surface area contributed by atoms with E-state index < -0.39 is 0 Å². The van der Waals surface area contributed by atoms with Gasteiger partial charge in [0, 0.05) is 31.9 Å². The number of aryl methyl sites for hydroxylation is 1. The first-order valence-corrected chi connectivity index (χ1v) is 6.43. The molecule has 0 aromatic carbocycles. The number of rotatable bonds is 3. The predicted octanol–water partition coefficient (Wildman–Crippen LogP) is 0.893. The summed E-state index contributed by atoms with van der Waals surface area (Å²) in [6.07, 6.45) is 2.92. The molecule has 1 fully saturated rings. The van der Waals surface area contributed by atoms with Gasteiger partial charge in [-0.3, -0.25) is 4.99 Å². The highest BCUT2D eigenvalue weighted by molar-refractivity contribution is 5.78. The van der Waals surface area contributed by atoms with Crippen LogP contribution in [0.3, 0.4) is 0 Å². The SMILES string of the molecule is CCN=C(N)NC1CCN(c2cc(C)ccn2)C1. The van der Waals surface area contributed by atoms with E-state index in [0.717, 1.165) is 25.3 Å². The number of aromatic nitrogens is 1. The minimum atomic E-state index is 0.364. The van der Waals surface area contributed by atoms with Crippen LogP contribution in [-0.2, 0) is 0 Å². The molecule has 18 heavy (non-hydrogen) atoms. The molecule has 0 bridgehead atoms. The molecule has 5 heteroatoms. The Bertz CT molecular complexity index is 429. The maximum absolute atomic E-state index is 5.78. The number of nitrogens with zero attached hydrogens (tertiary/aromatic N) is 3. The molecule has 0 aliphatic carbocycles. The van der Waals surface area contributed by atoms with E-state index in [1.165, 1.54) is 5.56 Å². The number of anilines is 1. The molecule has 2 rings (SSSR count). The normalized spacial score (nSPS) is 20.2. The minimum absolute atomic E-state index is 0.364. The van der Waals surface area contributed by atoms with Gasteiger partial charge in [-0.2, -0.15) is 0 Å². The Morgan fingerprint density at radius 1 is 1.67 bits per heavy atom. The Morgan fingerprint density at radius 2 is 2.50 bits per heavy atom. The van der Waals surface area contributed by atoms with Crippen molar-refractivity contribution in [2.24, 2.45) is 10.7 Å². The molecule has 98 valence electrons. The minimum Gasteiger partial charge on any atom is -0.370 e. The fourth-order valence-corrected chi connectivity index (χ4v) is 2.20. The summed E-state index contributed by atoms with van der Waals surface area (Å²) in [4.78, 5) is 10.8. The van der Waals surface area contributed by atoms with E-state index in [2.05, 4.69) is 33.2 Å². The summed E-state index contributed by atoms with van der Waals surface area (Å²) in [5.74, 6) is 1.59. The molecule has 1 aliphatic heterocycles.